The Balaban J connectivity index is 1.54. The SMILES string of the molecule is C=C1C=C[C@]23C=CC(=O)[C@@](C)(CCC(=O)Nc4c(O)ccc(C(=O)O)c4O)[C@@H]2C[C@@H]1CC3. The number of carbonyl (C=O) groups excluding carboxylic acids is 2. The van der Waals surface area contributed by atoms with E-state index < -0.39 is 34.4 Å². The number of nitrogens with one attached hydrogen (secondary N) is 1. The molecule has 5 rings (SSSR count). The molecule has 1 aromatic rings. The minimum absolute atomic E-state index is 0.00828. The lowest BCUT2D eigenvalue weighted by Gasteiger charge is -2.52. The zero-order valence-corrected chi connectivity index (χ0v) is 17.9. The lowest BCUT2D eigenvalue weighted by molar-refractivity contribution is -0.132. The second kappa shape index (κ2) is 7.65. The average Bonchev–Trinajstić information content (AvgIpc) is 3.00. The maximum absolute atomic E-state index is 13.0. The van der Waals surface area contributed by atoms with Gasteiger partial charge in [-0.3, -0.25) is 9.59 Å². The Bertz CT molecular complexity index is 1090. The molecular weight excluding hydrogens is 410 g/mol. The van der Waals surface area contributed by atoms with E-state index in [4.69, 9.17) is 5.11 Å². The van der Waals surface area contributed by atoms with Crippen LogP contribution in [0.5, 0.6) is 11.5 Å². The highest BCUT2D eigenvalue weighted by Gasteiger charge is 2.55. The Morgan fingerprint density at radius 1 is 1.22 bits per heavy atom. The molecule has 0 saturated heterocycles. The van der Waals surface area contributed by atoms with Crippen molar-refractivity contribution in [2.45, 2.75) is 39.0 Å². The zero-order chi connectivity index (χ0) is 23.3. The maximum atomic E-state index is 13.0. The molecule has 0 aromatic heterocycles. The van der Waals surface area contributed by atoms with Crippen LogP contribution in [0.2, 0.25) is 0 Å². The van der Waals surface area contributed by atoms with Crippen molar-refractivity contribution in [2.75, 3.05) is 5.32 Å². The Kier molecular flexibility index (Phi) is 5.23. The Morgan fingerprint density at radius 3 is 2.66 bits per heavy atom. The number of phenols is 2. The summed E-state index contributed by atoms with van der Waals surface area (Å²) >= 11 is 0. The number of benzene rings is 1. The minimum Gasteiger partial charge on any atom is -0.506 e. The molecule has 1 amide bonds. The fourth-order valence-corrected chi connectivity index (χ4v) is 5.60. The molecular formula is C25H27NO6. The quantitative estimate of drug-likeness (QED) is 0.512. The van der Waals surface area contributed by atoms with Crippen LogP contribution in [0.25, 0.3) is 0 Å². The monoisotopic (exact) mass is 437 g/mol. The Hall–Kier alpha value is -3.35. The predicted molar refractivity (Wildman–Crippen MR) is 118 cm³/mol. The summed E-state index contributed by atoms with van der Waals surface area (Å²) in [5.74, 6) is -2.68. The number of aromatic carboxylic acids is 1. The van der Waals surface area contributed by atoms with Crippen molar-refractivity contribution in [2.24, 2.45) is 22.7 Å². The van der Waals surface area contributed by atoms with Gasteiger partial charge in [0.2, 0.25) is 5.91 Å². The number of fused-ring (bicyclic) bond motifs is 2. The van der Waals surface area contributed by atoms with Crippen LogP contribution in [0.15, 0.2) is 48.6 Å². The van der Waals surface area contributed by atoms with Crippen LogP contribution in [0.3, 0.4) is 0 Å². The van der Waals surface area contributed by atoms with Gasteiger partial charge >= 0.3 is 5.97 Å². The van der Waals surface area contributed by atoms with E-state index in [0.717, 1.165) is 37.0 Å². The molecule has 4 N–H and O–H groups in total. The lowest BCUT2D eigenvalue weighted by Crippen LogP contribution is -2.49. The second-order valence-electron chi connectivity index (χ2n) is 9.37. The lowest BCUT2D eigenvalue weighted by atomic mass is 9.50. The van der Waals surface area contributed by atoms with Gasteiger partial charge in [-0.1, -0.05) is 37.3 Å². The molecule has 4 aliphatic rings. The summed E-state index contributed by atoms with van der Waals surface area (Å²) in [5, 5.41) is 31.7. The number of rotatable bonds is 5. The van der Waals surface area contributed by atoms with Crippen molar-refractivity contribution in [3.8, 4) is 11.5 Å². The van der Waals surface area contributed by atoms with E-state index in [1.54, 1.807) is 6.08 Å². The highest BCUT2D eigenvalue weighted by Crippen LogP contribution is 2.60. The number of carboxylic acids is 1. The maximum Gasteiger partial charge on any atom is 0.339 e. The van der Waals surface area contributed by atoms with Crippen LogP contribution in [-0.4, -0.2) is 33.0 Å². The van der Waals surface area contributed by atoms with Crippen LogP contribution >= 0.6 is 0 Å². The van der Waals surface area contributed by atoms with E-state index in [0.29, 0.717) is 12.3 Å². The number of carbonyl (C=O) groups is 3. The summed E-state index contributed by atoms with van der Waals surface area (Å²) in [6, 6.07) is 2.15. The number of allylic oxidation sites excluding steroid dienone is 5. The van der Waals surface area contributed by atoms with E-state index in [9.17, 15) is 24.6 Å². The van der Waals surface area contributed by atoms with Crippen molar-refractivity contribution in [1.82, 2.24) is 0 Å². The van der Waals surface area contributed by atoms with Crippen LogP contribution in [-0.2, 0) is 9.59 Å². The third-order valence-corrected chi connectivity index (χ3v) is 7.63. The first-order valence-corrected chi connectivity index (χ1v) is 10.8. The van der Waals surface area contributed by atoms with Gasteiger partial charge in [-0.25, -0.2) is 4.79 Å². The average molecular weight is 437 g/mol. The summed E-state index contributed by atoms with van der Waals surface area (Å²) in [7, 11) is 0. The number of hydrogen-bond donors (Lipinski definition) is 4. The molecule has 0 radical (unpaired) electrons. The molecule has 4 atom stereocenters. The molecule has 0 heterocycles. The first kappa shape index (κ1) is 21.9. The largest absolute Gasteiger partial charge is 0.506 e. The summed E-state index contributed by atoms with van der Waals surface area (Å²) in [4.78, 5) is 36.9. The predicted octanol–water partition coefficient (Wildman–Crippen LogP) is 4.19. The van der Waals surface area contributed by atoms with E-state index in [1.165, 1.54) is 0 Å². The number of aromatic hydroxyl groups is 2. The van der Waals surface area contributed by atoms with E-state index in [2.05, 4.69) is 24.0 Å². The van der Waals surface area contributed by atoms with E-state index in [1.807, 2.05) is 13.0 Å². The Labute approximate surface area is 186 Å². The molecule has 0 aliphatic heterocycles. The van der Waals surface area contributed by atoms with Gasteiger partial charge in [0.05, 0.1) is 0 Å². The number of phenolic OH excluding ortho intramolecular Hbond substituents is 1. The topological polar surface area (TPSA) is 124 Å². The number of amides is 1. The number of anilines is 1. The van der Waals surface area contributed by atoms with Crippen LogP contribution in [0.4, 0.5) is 5.69 Å². The van der Waals surface area contributed by atoms with Gasteiger partial charge in [0.1, 0.15) is 17.0 Å². The first-order chi connectivity index (χ1) is 15.1. The van der Waals surface area contributed by atoms with Crippen LogP contribution < -0.4 is 5.32 Å². The van der Waals surface area contributed by atoms with Gasteiger partial charge in [-0.05, 0) is 55.7 Å². The number of hydrogen-bond acceptors (Lipinski definition) is 5. The van der Waals surface area contributed by atoms with Crippen LogP contribution in [0, 0.1) is 22.7 Å². The zero-order valence-electron chi connectivity index (χ0n) is 17.9. The van der Waals surface area contributed by atoms with Gasteiger partial charge in [-0.15, -0.1) is 0 Å². The normalized spacial score (nSPS) is 30.7. The second-order valence-corrected chi connectivity index (χ2v) is 9.37. The fraction of sp³-hybridized carbons (Fsp3) is 0.400. The van der Waals surface area contributed by atoms with Crippen LogP contribution in [0.1, 0.15) is 49.4 Å². The molecule has 1 spiro atoms. The molecule has 0 unspecified atom stereocenters. The molecule has 1 saturated carbocycles. The van der Waals surface area contributed by atoms with Crippen molar-refractivity contribution in [3.05, 3.63) is 54.2 Å². The smallest absolute Gasteiger partial charge is 0.339 e. The summed E-state index contributed by atoms with van der Waals surface area (Å²) in [6.45, 7) is 6.09. The van der Waals surface area contributed by atoms with Gasteiger partial charge in [0, 0.05) is 17.3 Å². The fourth-order valence-electron chi connectivity index (χ4n) is 5.60. The summed E-state index contributed by atoms with van der Waals surface area (Å²) in [5.41, 5.74) is -0.657. The molecule has 32 heavy (non-hydrogen) atoms. The van der Waals surface area contributed by atoms with Gasteiger partial charge in [0.15, 0.2) is 11.5 Å². The third-order valence-electron chi connectivity index (χ3n) is 7.63. The number of ketones is 1. The van der Waals surface area contributed by atoms with E-state index >= 15 is 0 Å². The highest BCUT2D eigenvalue weighted by atomic mass is 16.4. The molecule has 4 aliphatic carbocycles. The molecule has 2 bridgehead atoms. The third kappa shape index (κ3) is 3.42. The molecule has 1 fully saturated rings. The summed E-state index contributed by atoms with van der Waals surface area (Å²) < 4.78 is 0. The molecule has 7 nitrogen and oxygen atoms in total. The highest BCUT2D eigenvalue weighted by molar-refractivity contribution is 6.00. The number of carboxylic acid groups (broad SMARTS) is 1. The molecule has 7 heteroatoms. The standard InChI is InChI=1S/C25H27NO6/c1-14-5-10-25-11-6-15(14)13-18(25)24(2,19(28)7-12-25)9-8-20(29)26-21-17(27)4-3-16(22(21)30)23(31)32/h3-5,7,10,12,15,18,27,30H,1,6,8-9,11,13H2,2H3,(H,26,29)(H,31,32)/t15-,18-,24-,25-/m0/s1. The minimum atomic E-state index is -1.38. The Morgan fingerprint density at radius 2 is 1.94 bits per heavy atom. The van der Waals surface area contributed by atoms with Crippen molar-refractivity contribution in [1.29, 1.82) is 0 Å². The van der Waals surface area contributed by atoms with Gasteiger partial charge in [0.25, 0.3) is 0 Å². The van der Waals surface area contributed by atoms with Crippen molar-refractivity contribution in [3.63, 3.8) is 0 Å². The van der Waals surface area contributed by atoms with Crippen molar-refractivity contribution < 1.29 is 29.7 Å². The van der Waals surface area contributed by atoms with E-state index in [-0.39, 0.29) is 29.2 Å². The first-order valence-electron chi connectivity index (χ1n) is 10.8. The van der Waals surface area contributed by atoms with Gasteiger partial charge in [-0.2, -0.15) is 0 Å². The molecule has 1 aromatic carbocycles. The molecule has 168 valence electrons. The van der Waals surface area contributed by atoms with Crippen molar-refractivity contribution >= 4 is 23.3 Å². The summed E-state index contributed by atoms with van der Waals surface area (Å²) in [6.07, 6.45) is 11.0. The van der Waals surface area contributed by atoms with Gasteiger partial charge < -0.3 is 20.6 Å².